The first-order valence-electron chi connectivity index (χ1n) is 5.56. The van der Waals surface area contributed by atoms with Gasteiger partial charge in [-0.25, -0.2) is 9.59 Å². The number of amides is 2. The Morgan fingerprint density at radius 3 is 2.18 bits per heavy atom. The number of nitrogens with zero attached hydrogens (tertiary/aromatic N) is 2. The number of carboxylic acids is 1. The van der Waals surface area contributed by atoms with Crippen molar-refractivity contribution in [3.63, 3.8) is 0 Å². The number of aliphatic hydroxyl groups excluding tert-OH is 1. The number of carbonyl (C=O) groups is 2. The molecule has 0 aromatic carbocycles. The number of rotatable bonds is 3. The van der Waals surface area contributed by atoms with Crippen LogP contribution in [0.15, 0.2) is 0 Å². The van der Waals surface area contributed by atoms with Crippen LogP contribution >= 0.6 is 0 Å². The average molecular weight is 245 g/mol. The van der Waals surface area contributed by atoms with Gasteiger partial charge >= 0.3 is 12.0 Å². The number of piperazine rings is 1. The third kappa shape index (κ3) is 3.86. The molecule has 98 valence electrons. The first-order chi connectivity index (χ1) is 7.91. The summed E-state index contributed by atoms with van der Waals surface area (Å²) < 4.78 is 0. The van der Waals surface area contributed by atoms with Crippen molar-refractivity contribution in [2.75, 3.05) is 33.2 Å². The van der Waals surface area contributed by atoms with Gasteiger partial charge in [-0.1, -0.05) is 0 Å². The van der Waals surface area contributed by atoms with E-state index in [1.165, 1.54) is 6.92 Å². The van der Waals surface area contributed by atoms with Crippen LogP contribution in [0.3, 0.4) is 0 Å². The Hall–Kier alpha value is -1.34. The van der Waals surface area contributed by atoms with Gasteiger partial charge < -0.3 is 25.3 Å². The number of carbonyl (C=O) groups excluding carboxylic acids is 1. The number of carboxylic acid groups (broad SMARTS) is 1. The second-order valence-electron chi connectivity index (χ2n) is 4.30. The highest BCUT2D eigenvalue weighted by molar-refractivity contribution is 5.83. The largest absolute Gasteiger partial charge is 0.480 e. The lowest BCUT2D eigenvalue weighted by Gasteiger charge is -2.33. The zero-order valence-corrected chi connectivity index (χ0v) is 10.1. The first kappa shape index (κ1) is 13.7. The van der Waals surface area contributed by atoms with Crippen LogP contribution in [0.4, 0.5) is 4.79 Å². The summed E-state index contributed by atoms with van der Waals surface area (Å²) in [6.45, 7) is 3.99. The molecule has 2 amide bonds. The second kappa shape index (κ2) is 5.83. The van der Waals surface area contributed by atoms with E-state index in [-0.39, 0.29) is 0 Å². The van der Waals surface area contributed by atoms with Crippen molar-refractivity contribution in [1.29, 1.82) is 0 Å². The molecule has 0 bridgehead atoms. The van der Waals surface area contributed by atoms with E-state index < -0.39 is 24.1 Å². The van der Waals surface area contributed by atoms with Gasteiger partial charge in [-0.2, -0.15) is 0 Å². The van der Waals surface area contributed by atoms with E-state index in [1.807, 2.05) is 7.05 Å². The SMILES string of the molecule is C[C@@H](O)[C@H](NC(=O)N1CCN(C)CC1)C(=O)O. The molecule has 17 heavy (non-hydrogen) atoms. The van der Waals surface area contributed by atoms with E-state index in [2.05, 4.69) is 10.2 Å². The molecular formula is C10H19N3O4. The van der Waals surface area contributed by atoms with E-state index in [0.717, 1.165) is 13.1 Å². The third-order valence-electron chi connectivity index (χ3n) is 2.82. The standard InChI is InChI=1S/C10H19N3O4/c1-7(14)8(9(15)16)11-10(17)13-5-3-12(2)4-6-13/h7-8,14H,3-6H2,1-2H3,(H,11,17)(H,15,16)/t7-,8+/m1/s1. The summed E-state index contributed by atoms with van der Waals surface area (Å²) in [7, 11) is 1.96. The number of hydrogen-bond donors (Lipinski definition) is 3. The molecule has 7 heteroatoms. The average Bonchev–Trinajstić information content (AvgIpc) is 2.25. The summed E-state index contributed by atoms with van der Waals surface area (Å²) in [5, 5.41) is 20.4. The molecule has 1 rings (SSSR count). The molecule has 7 nitrogen and oxygen atoms in total. The quantitative estimate of drug-likeness (QED) is 0.579. The van der Waals surface area contributed by atoms with Crippen LogP contribution in [0.2, 0.25) is 0 Å². The van der Waals surface area contributed by atoms with Gasteiger partial charge in [0.05, 0.1) is 6.10 Å². The Kier molecular flexibility index (Phi) is 4.71. The van der Waals surface area contributed by atoms with Crippen molar-refractivity contribution in [3.05, 3.63) is 0 Å². The smallest absolute Gasteiger partial charge is 0.328 e. The minimum Gasteiger partial charge on any atom is -0.480 e. The highest BCUT2D eigenvalue weighted by Gasteiger charge is 2.28. The molecule has 3 N–H and O–H groups in total. The van der Waals surface area contributed by atoms with Crippen molar-refractivity contribution < 1.29 is 19.8 Å². The highest BCUT2D eigenvalue weighted by atomic mass is 16.4. The molecule has 0 saturated carbocycles. The maximum absolute atomic E-state index is 11.7. The van der Waals surface area contributed by atoms with Crippen molar-refractivity contribution in [3.8, 4) is 0 Å². The summed E-state index contributed by atoms with van der Waals surface area (Å²) in [5.41, 5.74) is 0. The van der Waals surface area contributed by atoms with E-state index in [9.17, 15) is 14.7 Å². The van der Waals surface area contributed by atoms with Gasteiger partial charge in [0.2, 0.25) is 0 Å². The fourth-order valence-corrected chi connectivity index (χ4v) is 1.62. The molecule has 0 unspecified atom stereocenters. The second-order valence-corrected chi connectivity index (χ2v) is 4.30. The van der Waals surface area contributed by atoms with Gasteiger partial charge in [-0.3, -0.25) is 0 Å². The molecule has 0 aliphatic carbocycles. The van der Waals surface area contributed by atoms with Gasteiger partial charge in [0, 0.05) is 26.2 Å². The number of hydrogen-bond acceptors (Lipinski definition) is 4. The predicted molar refractivity (Wildman–Crippen MR) is 60.7 cm³/mol. The van der Waals surface area contributed by atoms with Crippen LogP contribution in [0.1, 0.15) is 6.92 Å². The maximum Gasteiger partial charge on any atom is 0.328 e. The van der Waals surface area contributed by atoms with Gasteiger partial charge in [0.15, 0.2) is 6.04 Å². The Morgan fingerprint density at radius 2 is 1.76 bits per heavy atom. The lowest BCUT2D eigenvalue weighted by molar-refractivity contribution is -0.141. The molecule has 0 radical (unpaired) electrons. The summed E-state index contributed by atoms with van der Waals surface area (Å²) in [6, 6.07) is -1.70. The molecule has 0 aromatic heterocycles. The van der Waals surface area contributed by atoms with Crippen LogP contribution in [-0.2, 0) is 4.79 Å². The van der Waals surface area contributed by atoms with Crippen LogP contribution < -0.4 is 5.32 Å². The summed E-state index contributed by atoms with van der Waals surface area (Å²) in [4.78, 5) is 26.2. The van der Waals surface area contributed by atoms with E-state index in [1.54, 1.807) is 4.90 Å². The van der Waals surface area contributed by atoms with Crippen molar-refractivity contribution >= 4 is 12.0 Å². The van der Waals surface area contributed by atoms with Gasteiger partial charge in [0.1, 0.15) is 0 Å². The van der Waals surface area contributed by atoms with Crippen LogP contribution in [0, 0.1) is 0 Å². The molecular weight excluding hydrogens is 226 g/mol. The fraction of sp³-hybridized carbons (Fsp3) is 0.800. The van der Waals surface area contributed by atoms with E-state index in [4.69, 9.17) is 5.11 Å². The first-order valence-corrected chi connectivity index (χ1v) is 5.56. The van der Waals surface area contributed by atoms with Gasteiger partial charge in [-0.15, -0.1) is 0 Å². The number of urea groups is 1. The predicted octanol–water partition coefficient (Wildman–Crippen LogP) is -1.22. The normalized spacial score (nSPS) is 20.8. The number of likely N-dealkylation sites (N-methyl/N-ethyl adjacent to an activating group) is 1. The summed E-state index contributed by atoms with van der Waals surface area (Å²) >= 11 is 0. The maximum atomic E-state index is 11.7. The molecule has 1 saturated heterocycles. The topological polar surface area (TPSA) is 93.1 Å². The van der Waals surface area contributed by atoms with Gasteiger partial charge in [0.25, 0.3) is 0 Å². The third-order valence-corrected chi connectivity index (χ3v) is 2.82. The van der Waals surface area contributed by atoms with Crippen molar-refractivity contribution in [1.82, 2.24) is 15.1 Å². The minimum absolute atomic E-state index is 0.439. The van der Waals surface area contributed by atoms with E-state index >= 15 is 0 Å². The molecule has 1 aliphatic heterocycles. The Bertz CT molecular complexity index is 287. The molecule has 2 atom stereocenters. The summed E-state index contributed by atoms with van der Waals surface area (Å²) in [5.74, 6) is -1.23. The number of aliphatic carboxylic acids is 1. The zero-order chi connectivity index (χ0) is 13.0. The van der Waals surface area contributed by atoms with Crippen molar-refractivity contribution in [2.24, 2.45) is 0 Å². The van der Waals surface area contributed by atoms with Crippen LogP contribution in [0.25, 0.3) is 0 Å². The van der Waals surface area contributed by atoms with Gasteiger partial charge in [-0.05, 0) is 14.0 Å². The van der Waals surface area contributed by atoms with Crippen molar-refractivity contribution in [2.45, 2.75) is 19.1 Å². The molecule has 1 fully saturated rings. The Labute approximate surface area is 100.0 Å². The molecule has 0 spiro atoms. The lowest BCUT2D eigenvalue weighted by Crippen LogP contribution is -2.56. The zero-order valence-electron chi connectivity index (χ0n) is 10.1. The van der Waals surface area contributed by atoms with E-state index in [0.29, 0.717) is 13.1 Å². The number of nitrogens with one attached hydrogen (secondary N) is 1. The Balaban J connectivity index is 2.50. The Morgan fingerprint density at radius 1 is 1.24 bits per heavy atom. The molecule has 1 aliphatic rings. The highest BCUT2D eigenvalue weighted by Crippen LogP contribution is 2.01. The van der Waals surface area contributed by atoms with Crippen LogP contribution in [-0.4, -0.2) is 77.4 Å². The molecule has 0 aromatic rings. The minimum atomic E-state index is -1.26. The lowest BCUT2D eigenvalue weighted by atomic mass is 10.2. The summed E-state index contributed by atoms with van der Waals surface area (Å²) in [6.07, 6.45) is -1.12. The van der Waals surface area contributed by atoms with Crippen LogP contribution in [0.5, 0.6) is 0 Å². The number of aliphatic hydroxyl groups is 1. The fourth-order valence-electron chi connectivity index (χ4n) is 1.62. The molecule has 1 heterocycles. The monoisotopic (exact) mass is 245 g/mol.